The number of carbonyl (C=O) groups excluding carboxylic acids is 1. The fourth-order valence-electron chi connectivity index (χ4n) is 3.16. The normalized spacial score (nSPS) is 16.5. The molecule has 1 N–H and O–H groups in total. The smallest absolute Gasteiger partial charge is 0.241 e. The topological polar surface area (TPSA) is 61.4 Å². The molecule has 0 spiro atoms. The maximum Gasteiger partial charge on any atom is 0.241 e. The summed E-state index contributed by atoms with van der Waals surface area (Å²) in [5.41, 5.74) is 2.13. The zero-order chi connectivity index (χ0) is 18.5. The van der Waals surface area contributed by atoms with Crippen molar-refractivity contribution in [3.8, 4) is 0 Å². The first-order valence-electron chi connectivity index (χ1n) is 9.20. The highest BCUT2D eigenvalue weighted by Crippen LogP contribution is 2.18. The SMILES string of the molecule is CC(C)c1ccc(NC(=O)C(C)N2CCN(c3cnccn3)CC2)cc1. The van der Waals surface area contributed by atoms with E-state index >= 15 is 0 Å². The summed E-state index contributed by atoms with van der Waals surface area (Å²) in [6.07, 6.45) is 5.18. The van der Waals surface area contributed by atoms with Gasteiger partial charge in [0, 0.05) is 44.3 Å². The summed E-state index contributed by atoms with van der Waals surface area (Å²) in [4.78, 5) is 25.5. The van der Waals surface area contributed by atoms with Gasteiger partial charge in [-0.15, -0.1) is 0 Å². The number of anilines is 2. The molecule has 0 bridgehead atoms. The van der Waals surface area contributed by atoms with Crippen LogP contribution in [0.1, 0.15) is 32.3 Å². The van der Waals surface area contributed by atoms with Crippen molar-refractivity contribution in [1.29, 1.82) is 0 Å². The third-order valence-corrected chi connectivity index (χ3v) is 4.96. The molecular formula is C20H27N5O. The standard InChI is InChI=1S/C20H27N5O/c1-15(2)17-4-6-18(7-5-17)23-20(26)16(3)24-10-12-25(13-11-24)19-14-21-8-9-22-19/h4-9,14-16H,10-13H2,1-3H3,(H,23,26). The van der Waals surface area contributed by atoms with Gasteiger partial charge >= 0.3 is 0 Å². The Bertz CT molecular complexity index is 709. The highest BCUT2D eigenvalue weighted by molar-refractivity contribution is 5.94. The Kier molecular flexibility index (Phi) is 5.83. The van der Waals surface area contributed by atoms with Gasteiger partial charge in [0.2, 0.25) is 5.91 Å². The first-order valence-corrected chi connectivity index (χ1v) is 9.20. The molecule has 1 unspecified atom stereocenters. The number of aromatic nitrogens is 2. The second-order valence-corrected chi connectivity index (χ2v) is 7.03. The Morgan fingerprint density at radius 1 is 1.04 bits per heavy atom. The lowest BCUT2D eigenvalue weighted by Gasteiger charge is -2.37. The molecule has 3 rings (SSSR count). The van der Waals surface area contributed by atoms with E-state index in [4.69, 9.17) is 0 Å². The number of hydrogen-bond donors (Lipinski definition) is 1. The number of nitrogens with one attached hydrogen (secondary N) is 1. The molecule has 1 amide bonds. The summed E-state index contributed by atoms with van der Waals surface area (Å²) in [5, 5.41) is 3.03. The van der Waals surface area contributed by atoms with Crippen molar-refractivity contribution in [1.82, 2.24) is 14.9 Å². The minimum absolute atomic E-state index is 0.0373. The van der Waals surface area contributed by atoms with Crippen LogP contribution in [0.4, 0.5) is 11.5 Å². The molecular weight excluding hydrogens is 326 g/mol. The largest absolute Gasteiger partial charge is 0.353 e. The maximum atomic E-state index is 12.6. The van der Waals surface area contributed by atoms with Crippen LogP contribution in [-0.4, -0.2) is 53.0 Å². The quantitative estimate of drug-likeness (QED) is 0.896. The molecule has 1 saturated heterocycles. The first-order chi connectivity index (χ1) is 12.5. The van der Waals surface area contributed by atoms with Crippen LogP contribution in [0.3, 0.4) is 0 Å². The van der Waals surface area contributed by atoms with E-state index in [-0.39, 0.29) is 11.9 Å². The van der Waals surface area contributed by atoms with Crippen LogP contribution in [0.5, 0.6) is 0 Å². The van der Waals surface area contributed by atoms with Gasteiger partial charge in [-0.2, -0.15) is 0 Å². The van der Waals surface area contributed by atoms with E-state index < -0.39 is 0 Å². The summed E-state index contributed by atoms with van der Waals surface area (Å²) < 4.78 is 0. The van der Waals surface area contributed by atoms with Gasteiger partial charge in [-0.05, 0) is 30.5 Å². The molecule has 0 radical (unpaired) electrons. The van der Waals surface area contributed by atoms with Crippen LogP contribution >= 0.6 is 0 Å². The van der Waals surface area contributed by atoms with Gasteiger partial charge in [0.1, 0.15) is 5.82 Å². The minimum Gasteiger partial charge on any atom is -0.353 e. The Balaban J connectivity index is 1.53. The van der Waals surface area contributed by atoms with Crippen LogP contribution in [0.25, 0.3) is 0 Å². The van der Waals surface area contributed by atoms with Crippen molar-refractivity contribution >= 4 is 17.4 Å². The maximum absolute atomic E-state index is 12.6. The molecule has 1 aliphatic rings. The Labute approximate surface area is 155 Å². The summed E-state index contributed by atoms with van der Waals surface area (Å²) in [5.74, 6) is 1.43. The minimum atomic E-state index is -0.163. The van der Waals surface area contributed by atoms with Crippen molar-refractivity contribution in [2.45, 2.75) is 32.7 Å². The van der Waals surface area contributed by atoms with Crippen molar-refractivity contribution in [2.75, 3.05) is 36.4 Å². The van der Waals surface area contributed by atoms with Crippen molar-refractivity contribution < 1.29 is 4.79 Å². The molecule has 6 nitrogen and oxygen atoms in total. The van der Waals surface area contributed by atoms with Gasteiger partial charge in [0.25, 0.3) is 0 Å². The summed E-state index contributed by atoms with van der Waals surface area (Å²) in [7, 11) is 0. The van der Waals surface area contributed by atoms with Gasteiger partial charge in [-0.3, -0.25) is 14.7 Å². The summed E-state index contributed by atoms with van der Waals surface area (Å²) >= 11 is 0. The van der Waals surface area contributed by atoms with Crippen LogP contribution in [0.15, 0.2) is 42.9 Å². The average molecular weight is 353 g/mol. The Hall–Kier alpha value is -2.47. The number of amides is 1. The summed E-state index contributed by atoms with van der Waals surface area (Å²) in [6, 6.07) is 7.94. The number of carbonyl (C=O) groups is 1. The zero-order valence-corrected chi connectivity index (χ0v) is 15.7. The van der Waals surface area contributed by atoms with E-state index in [1.807, 2.05) is 19.1 Å². The molecule has 26 heavy (non-hydrogen) atoms. The number of nitrogens with zero attached hydrogens (tertiary/aromatic N) is 4. The lowest BCUT2D eigenvalue weighted by atomic mass is 10.0. The average Bonchev–Trinajstić information content (AvgIpc) is 2.68. The van der Waals surface area contributed by atoms with E-state index in [1.165, 1.54) is 5.56 Å². The van der Waals surface area contributed by atoms with Crippen molar-refractivity contribution in [3.63, 3.8) is 0 Å². The Morgan fingerprint density at radius 2 is 1.73 bits per heavy atom. The molecule has 1 atom stereocenters. The second kappa shape index (κ2) is 8.27. The molecule has 6 heteroatoms. The first kappa shape index (κ1) is 18.3. The molecule has 2 heterocycles. The number of piperazine rings is 1. The van der Waals surface area contributed by atoms with Crippen LogP contribution in [0.2, 0.25) is 0 Å². The van der Waals surface area contributed by atoms with Gasteiger partial charge in [-0.25, -0.2) is 4.98 Å². The van der Waals surface area contributed by atoms with E-state index in [9.17, 15) is 4.79 Å². The van der Waals surface area contributed by atoms with Gasteiger partial charge in [0.15, 0.2) is 0 Å². The molecule has 2 aromatic rings. The second-order valence-electron chi connectivity index (χ2n) is 7.03. The number of hydrogen-bond acceptors (Lipinski definition) is 5. The molecule has 1 fully saturated rings. The lowest BCUT2D eigenvalue weighted by molar-refractivity contribution is -0.120. The third-order valence-electron chi connectivity index (χ3n) is 4.96. The summed E-state index contributed by atoms with van der Waals surface area (Å²) in [6.45, 7) is 9.65. The third kappa shape index (κ3) is 4.38. The number of rotatable bonds is 5. The molecule has 0 saturated carbocycles. The molecule has 1 aromatic heterocycles. The van der Waals surface area contributed by atoms with Crippen molar-refractivity contribution in [2.24, 2.45) is 0 Å². The highest BCUT2D eigenvalue weighted by atomic mass is 16.2. The Morgan fingerprint density at radius 3 is 2.31 bits per heavy atom. The molecule has 0 aliphatic carbocycles. The van der Waals surface area contributed by atoms with Gasteiger partial charge < -0.3 is 10.2 Å². The van der Waals surface area contributed by atoms with Crippen LogP contribution in [0, 0.1) is 0 Å². The lowest BCUT2D eigenvalue weighted by Crippen LogP contribution is -2.53. The van der Waals surface area contributed by atoms with Crippen LogP contribution in [-0.2, 0) is 4.79 Å². The molecule has 1 aliphatic heterocycles. The highest BCUT2D eigenvalue weighted by Gasteiger charge is 2.26. The molecule has 138 valence electrons. The predicted octanol–water partition coefficient (Wildman–Crippen LogP) is 2.75. The van der Waals surface area contributed by atoms with Gasteiger partial charge in [0.05, 0.1) is 12.2 Å². The van der Waals surface area contributed by atoms with Gasteiger partial charge in [-0.1, -0.05) is 26.0 Å². The fraction of sp³-hybridized carbons (Fsp3) is 0.450. The molecule has 1 aromatic carbocycles. The van der Waals surface area contributed by atoms with E-state index in [0.29, 0.717) is 5.92 Å². The van der Waals surface area contributed by atoms with Crippen molar-refractivity contribution in [3.05, 3.63) is 48.4 Å². The predicted molar refractivity (Wildman–Crippen MR) is 104 cm³/mol. The van der Waals surface area contributed by atoms with E-state index in [1.54, 1.807) is 18.6 Å². The van der Waals surface area contributed by atoms with E-state index in [2.05, 4.69) is 51.1 Å². The number of benzene rings is 1. The fourth-order valence-corrected chi connectivity index (χ4v) is 3.16. The van der Waals surface area contributed by atoms with Crippen LogP contribution < -0.4 is 10.2 Å². The zero-order valence-electron chi connectivity index (χ0n) is 15.7. The monoisotopic (exact) mass is 353 g/mol. The van der Waals surface area contributed by atoms with E-state index in [0.717, 1.165) is 37.7 Å².